The highest BCUT2D eigenvalue weighted by Crippen LogP contribution is 3.02. The summed E-state index contributed by atoms with van der Waals surface area (Å²) in [5.74, 6) is -6.01. The molecule has 17 heteroatoms. The van der Waals surface area contributed by atoms with Crippen molar-refractivity contribution < 1.29 is 46.9 Å². The van der Waals surface area contributed by atoms with Gasteiger partial charge in [0.05, 0.1) is 24.9 Å². The highest BCUT2D eigenvalue weighted by atomic mass is 32.5. The molecule has 2 aromatic rings. The molecule has 0 radical (unpaired) electrons. The molecule has 1 aromatic heterocycles. The number of nitrogens with one attached hydrogen (secondary N) is 1. The molecule has 1 saturated carbocycles. The highest BCUT2D eigenvalue weighted by Gasteiger charge is 2.65. The van der Waals surface area contributed by atoms with Crippen LogP contribution in [0, 0.1) is 17.3 Å². The van der Waals surface area contributed by atoms with Crippen LogP contribution in [0.15, 0.2) is 47.6 Å². The summed E-state index contributed by atoms with van der Waals surface area (Å²) in [6.45, 7) is 2.85. The molecule has 2 aliphatic rings. The van der Waals surface area contributed by atoms with E-state index in [-0.39, 0.29) is 43.7 Å². The monoisotopic (exact) mass is 655 g/mol. The number of ether oxygens (including phenoxy) is 1. The first-order chi connectivity index (χ1) is 20.1. The molecule has 2 fully saturated rings. The smallest absolute Gasteiger partial charge is 0.310 e. The van der Waals surface area contributed by atoms with Crippen molar-refractivity contribution in [2.75, 3.05) is 18.1 Å². The van der Waals surface area contributed by atoms with E-state index in [1.54, 1.807) is 0 Å². The Labute approximate surface area is 247 Å². The van der Waals surface area contributed by atoms with Crippen LogP contribution in [0.2, 0.25) is 0 Å². The average molecular weight is 656 g/mol. The van der Waals surface area contributed by atoms with E-state index in [0.717, 1.165) is 23.4 Å². The van der Waals surface area contributed by atoms with Crippen LogP contribution in [-0.2, 0) is 14.3 Å². The fraction of sp³-hybridized carbons (Fsp3) is 0.481. The van der Waals surface area contributed by atoms with Crippen molar-refractivity contribution in [3.63, 3.8) is 0 Å². The number of anilines is 1. The number of rotatable bonds is 7. The summed E-state index contributed by atoms with van der Waals surface area (Å²) in [5, 5.41) is 12.3. The third kappa shape index (κ3) is 7.34. The van der Waals surface area contributed by atoms with E-state index in [4.69, 9.17) is 4.74 Å². The number of benzene rings is 1. The summed E-state index contributed by atoms with van der Waals surface area (Å²) >= 11 is 0. The molecule has 2 amide bonds. The molecule has 2 atom stereocenters. The van der Waals surface area contributed by atoms with Crippen LogP contribution < -0.4 is 10.2 Å². The summed E-state index contributed by atoms with van der Waals surface area (Å²) < 4.78 is 115. The minimum absolute atomic E-state index is 0.0208. The standard InChI is InChI=1S/C27H29F8N5O3S/c1-26(2)23(39(16-36)11-12-43-26)25(42)40(20-3-5-21(6-4-20)44(31,32,33,34)35)22(17-13-18(28)15-37-14-17)24(41)38-19-7-9-27(29,30)10-8-19/h3-6,13-15,19,22-23H,7-12H2,1-2H3,(H,38,41). The number of carbonyl (C=O) groups excluding carboxylic acids is 2. The summed E-state index contributed by atoms with van der Waals surface area (Å²) in [6, 6.07) is -2.16. The zero-order chi connectivity index (χ0) is 32.8. The van der Waals surface area contributed by atoms with E-state index in [1.807, 2.05) is 6.19 Å². The molecule has 44 heavy (non-hydrogen) atoms. The normalized spacial score (nSPS) is 22.6. The van der Waals surface area contributed by atoms with E-state index in [0.29, 0.717) is 17.0 Å². The van der Waals surface area contributed by atoms with Crippen molar-refractivity contribution in [1.82, 2.24) is 15.2 Å². The Kier molecular flexibility index (Phi) is 8.13. The van der Waals surface area contributed by atoms with Gasteiger partial charge in [-0.05, 0) is 57.0 Å². The lowest BCUT2D eigenvalue weighted by Gasteiger charge is -2.45. The number of hydrogen-bond acceptors (Lipinski definition) is 6. The number of morpholine rings is 1. The van der Waals surface area contributed by atoms with Gasteiger partial charge in [-0.25, -0.2) is 13.2 Å². The van der Waals surface area contributed by atoms with Gasteiger partial charge in [0, 0.05) is 36.3 Å². The van der Waals surface area contributed by atoms with Crippen LogP contribution in [0.3, 0.4) is 0 Å². The molecule has 1 saturated heterocycles. The first kappa shape index (κ1) is 33.2. The van der Waals surface area contributed by atoms with Gasteiger partial charge in [0.1, 0.15) is 22.8 Å². The molecule has 2 unspecified atom stereocenters. The van der Waals surface area contributed by atoms with Crippen LogP contribution in [0.5, 0.6) is 0 Å². The number of pyridine rings is 1. The number of nitrogens with zero attached hydrogens (tertiary/aromatic N) is 4. The number of alkyl halides is 2. The molecule has 1 N–H and O–H groups in total. The number of aromatic nitrogens is 1. The van der Waals surface area contributed by atoms with Crippen LogP contribution in [0.4, 0.5) is 38.3 Å². The van der Waals surface area contributed by atoms with Gasteiger partial charge >= 0.3 is 10.2 Å². The topological polar surface area (TPSA) is 98.6 Å². The van der Waals surface area contributed by atoms with Crippen molar-refractivity contribution in [3.05, 3.63) is 54.1 Å². The Morgan fingerprint density at radius 3 is 2.27 bits per heavy atom. The van der Waals surface area contributed by atoms with E-state index in [2.05, 4.69) is 10.3 Å². The van der Waals surface area contributed by atoms with Gasteiger partial charge < -0.3 is 10.1 Å². The zero-order valence-electron chi connectivity index (χ0n) is 23.5. The molecule has 1 aliphatic heterocycles. The third-order valence-corrected chi connectivity index (χ3v) is 8.71. The van der Waals surface area contributed by atoms with E-state index >= 15 is 0 Å². The molecular formula is C27H29F8N5O3S. The molecule has 1 aromatic carbocycles. The average Bonchev–Trinajstić information content (AvgIpc) is 2.90. The number of amides is 2. The SMILES string of the molecule is CC1(C)OCCN(C#N)C1C(=O)N(c1ccc(S(F)(F)(F)(F)F)cc1)C(C(=O)NC1CCC(F)(F)CC1)c1cncc(F)c1. The lowest BCUT2D eigenvalue weighted by Crippen LogP contribution is -2.63. The summed E-state index contributed by atoms with van der Waals surface area (Å²) in [6.07, 6.45) is 2.25. The second kappa shape index (κ2) is 10.8. The van der Waals surface area contributed by atoms with Crippen molar-refractivity contribution in [1.29, 1.82) is 5.26 Å². The van der Waals surface area contributed by atoms with Crippen LogP contribution >= 0.6 is 10.2 Å². The van der Waals surface area contributed by atoms with Gasteiger partial charge in [0.25, 0.3) is 5.91 Å². The van der Waals surface area contributed by atoms with Gasteiger partial charge in [0.15, 0.2) is 6.19 Å². The van der Waals surface area contributed by atoms with Crippen LogP contribution in [0.25, 0.3) is 0 Å². The molecule has 1 aliphatic carbocycles. The van der Waals surface area contributed by atoms with Crippen molar-refractivity contribution >= 4 is 27.7 Å². The maximum absolute atomic E-state index is 14.4. The van der Waals surface area contributed by atoms with Gasteiger partial charge in [-0.15, -0.1) is 0 Å². The Morgan fingerprint density at radius 2 is 1.73 bits per heavy atom. The molecule has 8 nitrogen and oxygen atoms in total. The number of halogens is 8. The Morgan fingerprint density at radius 1 is 1.11 bits per heavy atom. The molecule has 0 spiro atoms. The van der Waals surface area contributed by atoms with E-state index < -0.39 is 80.9 Å². The van der Waals surface area contributed by atoms with Crippen LogP contribution in [-0.4, -0.2) is 58.5 Å². The maximum Gasteiger partial charge on any atom is 0.310 e. The van der Waals surface area contributed by atoms with E-state index in [9.17, 15) is 47.5 Å². The minimum atomic E-state index is -10.2. The van der Waals surface area contributed by atoms with Crippen molar-refractivity contribution in [2.24, 2.45) is 0 Å². The fourth-order valence-corrected chi connectivity index (χ4v) is 6.04. The quantitative estimate of drug-likeness (QED) is 0.267. The zero-order valence-corrected chi connectivity index (χ0v) is 24.3. The molecule has 242 valence electrons. The molecule has 2 heterocycles. The highest BCUT2D eigenvalue weighted by molar-refractivity contribution is 8.45. The van der Waals surface area contributed by atoms with Crippen LogP contribution in [0.1, 0.15) is 51.1 Å². The summed E-state index contributed by atoms with van der Waals surface area (Å²) in [4.78, 5) is 31.4. The fourth-order valence-electron chi connectivity index (χ4n) is 5.39. The number of nitriles is 1. The second-order valence-electron chi connectivity index (χ2n) is 11.3. The van der Waals surface area contributed by atoms with Gasteiger partial charge in [-0.1, -0.05) is 19.4 Å². The lowest BCUT2D eigenvalue weighted by atomic mass is 9.91. The van der Waals surface area contributed by atoms with Crippen molar-refractivity contribution in [3.8, 4) is 6.19 Å². The Hall–Kier alpha value is -3.65. The first-order valence-corrected chi connectivity index (χ1v) is 15.3. The Bertz CT molecular complexity index is 1460. The lowest BCUT2D eigenvalue weighted by molar-refractivity contribution is -0.149. The first-order valence-electron chi connectivity index (χ1n) is 13.4. The largest absolute Gasteiger partial charge is 0.371 e. The molecule has 0 bridgehead atoms. The maximum atomic E-state index is 14.4. The van der Waals surface area contributed by atoms with Gasteiger partial charge in [-0.3, -0.25) is 24.4 Å². The van der Waals surface area contributed by atoms with Gasteiger partial charge in [-0.2, -0.15) is 5.26 Å². The molecule has 4 rings (SSSR count). The predicted octanol–water partition coefficient (Wildman–Crippen LogP) is 6.61. The minimum Gasteiger partial charge on any atom is -0.371 e. The number of carbonyl (C=O) groups is 2. The number of hydrogen-bond donors (Lipinski definition) is 1. The van der Waals surface area contributed by atoms with E-state index in [1.165, 1.54) is 13.8 Å². The Balaban J connectivity index is 1.87. The van der Waals surface area contributed by atoms with Gasteiger partial charge in [0.2, 0.25) is 11.8 Å². The summed E-state index contributed by atoms with van der Waals surface area (Å²) in [7, 11) is -10.2. The second-order valence-corrected chi connectivity index (χ2v) is 13.7. The predicted molar refractivity (Wildman–Crippen MR) is 144 cm³/mol. The molecular weight excluding hydrogens is 626 g/mol. The third-order valence-electron chi connectivity index (χ3n) is 7.55. The van der Waals surface area contributed by atoms with Crippen molar-refractivity contribution in [2.45, 2.75) is 74.1 Å². The summed E-state index contributed by atoms with van der Waals surface area (Å²) in [5.41, 5.74) is -2.17.